The molecule has 0 unspecified atom stereocenters. The first-order valence-electron chi connectivity index (χ1n) is 4.18. The minimum absolute atomic E-state index is 0.633. The Morgan fingerprint density at radius 1 is 1.33 bits per heavy atom. The fourth-order valence-electron chi connectivity index (χ4n) is 1.57. The third kappa shape index (κ3) is 1.72. The summed E-state index contributed by atoms with van der Waals surface area (Å²) in [5, 5.41) is 0. The summed E-state index contributed by atoms with van der Waals surface area (Å²) in [4.78, 5) is 0. The number of hydrogen-bond acceptors (Lipinski definition) is 2. The molecule has 1 aliphatic heterocycles. The van der Waals surface area contributed by atoms with Gasteiger partial charge in [0.15, 0.2) is 4.67 Å². The molecule has 1 fully saturated rings. The minimum atomic E-state index is 0.633. The van der Waals surface area contributed by atoms with E-state index in [4.69, 9.17) is 9.15 Å². The average Bonchev–Trinajstić information content (AvgIpc) is 2.54. The van der Waals surface area contributed by atoms with Crippen LogP contribution in [0.15, 0.2) is 21.4 Å². The molecule has 0 aromatic carbocycles. The molecule has 2 nitrogen and oxygen atoms in total. The van der Waals surface area contributed by atoms with Crippen LogP contribution < -0.4 is 0 Å². The van der Waals surface area contributed by atoms with Gasteiger partial charge in [0.05, 0.1) is 6.26 Å². The van der Waals surface area contributed by atoms with Gasteiger partial charge in [0.1, 0.15) is 0 Å². The Morgan fingerprint density at radius 2 is 2.08 bits per heavy atom. The zero-order valence-electron chi connectivity index (χ0n) is 6.75. The summed E-state index contributed by atoms with van der Waals surface area (Å²) < 4.78 is 11.3. The molecule has 1 aromatic heterocycles. The smallest absolute Gasteiger partial charge is 0.169 e. The predicted molar refractivity (Wildman–Crippen MR) is 49.2 cm³/mol. The molecule has 1 aliphatic rings. The average molecular weight is 231 g/mol. The quantitative estimate of drug-likeness (QED) is 0.741. The van der Waals surface area contributed by atoms with Crippen molar-refractivity contribution in [2.24, 2.45) is 0 Å². The zero-order valence-corrected chi connectivity index (χ0v) is 8.34. The van der Waals surface area contributed by atoms with Gasteiger partial charge in [-0.3, -0.25) is 0 Å². The van der Waals surface area contributed by atoms with Crippen molar-refractivity contribution in [3.63, 3.8) is 0 Å². The van der Waals surface area contributed by atoms with Crippen molar-refractivity contribution in [2.75, 3.05) is 13.2 Å². The van der Waals surface area contributed by atoms with E-state index >= 15 is 0 Å². The second-order valence-corrected chi connectivity index (χ2v) is 3.85. The lowest BCUT2D eigenvalue weighted by molar-refractivity contribution is 0.0852. The molecule has 0 aliphatic carbocycles. The Kier molecular flexibility index (Phi) is 2.51. The molecule has 66 valence electrons. The van der Waals surface area contributed by atoms with Crippen molar-refractivity contribution in [1.82, 2.24) is 0 Å². The van der Waals surface area contributed by atoms with Crippen LogP contribution in [-0.4, -0.2) is 13.2 Å². The van der Waals surface area contributed by atoms with E-state index in [2.05, 4.69) is 22.0 Å². The molecular weight excluding hydrogens is 220 g/mol. The van der Waals surface area contributed by atoms with Gasteiger partial charge in [-0.05, 0) is 46.3 Å². The molecule has 0 saturated carbocycles. The monoisotopic (exact) mass is 230 g/mol. The van der Waals surface area contributed by atoms with Crippen LogP contribution in [0, 0.1) is 0 Å². The summed E-state index contributed by atoms with van der Waals surface area (Å²) in [6, 6.07) is 2.05. The van der Waals surface area contributed by atoms with Gasteiger partial charge in [0, 0.05) is 13.2 Å². The Morgan fingerprint density at radius 3 is 2.67 bits per heavy atom. The standard InChI is InChI=1S/C9H11BrO2/c10-9-5-8(6-12-9)7-1-3-11-4-2-7/h5-7H,1-4H2. The van der Waals surface area contributed by atoms with E-state index in [-0.39, 0.29) is 0 Å². The topological polar surface area (TPSA) is 22.4 Å². The van der Waals surface area contributed by atoms with Gasteiger partial charge in [0.25, 0.3) is 0 Å². The fraction of sp³-hybridized carbons (Fsp3) is 0.556. The van der Waals surface area contributed by atoms with Gasteiger partial charge < -0.3 is 9.15 Å². The van der Waals surface area contributed by atoms with Crippen molar-refractivity contribution >= 4 is 15.9 Å². The van der Waals surface area contributed by atoms with Gasteiger partial charge >= 0.3 is 0 Å². The van der Waals surface area contributed by atoms with E-state index < -0.39 is 0 Å². The number of rotatable bonds is 1. The Bertz CT molecular complexity index is 251. The molecule has 3 heteroatoms. The van der Waals surface area contributed by atoms with E-state index in [1.54, 1.807) is 0 Å². The van der Waals surface area contributed by atoms with E-state index in [0.29, 0.717) is 5.92 Å². The van der Waals surface area contributed by atoms with Gasteiger partial charge in [-0.15, -0.1) is 0 Å². The molecule has 1 aromatic rings. The number of halogens is 1. The maximum absolute atomic E-state index is 5.29. The molecule has 0 radical (unpaired) electrons. The maximum atomic E-state index is 5.29. The molecule has 0 amide bonds. The van der Waals surface area contributed by atoms with Gasteiger partial charge in [-0.25, -0.2) is 0 Å². The van der Waals surface area contributed by atoms with Gasteiger partial charge in [-0.2, -0.15) is 0 Å². The molecule has 0 N–H and O–H groups in total. The molecule has 0 atom stereocenters. The molecule has 0 bridgehead atoms. The van der Waals surface area contributed by atoms with Crippen molar-refractivity contribution in [3.8, 4) is 0 Å². The highest BCUT2D eigenvalue weighted by Crippen LogP contribution is 2.29. The van der Waals surface area contributed by atoms with Crippen LogP contribution in [0.25, 0.3) is 0 Å². The molecule has 2 rings (SSSR count). The van der Waals surface area contributed by atoms with E-state index in [9.17, 15) is 0 Å². The molecule has 12 heavy (non-hydrogen) atoms. The second-order valence-electron chi connectivity index (χ2n) is 3.07. The van der Waals surface area contributed by atoms with Crippen LogP contribution in [0.5, 0.6) is 0 Å². The van der Waals surface area contributed by atoms with Crippen LogP contribution in [0.2, 0.25) is 0 Å². The van der Waals surface area contributed by atoms with Gasteiger partial charge in [0.2, 0.25) is 0 Å². The summed E-state index contributed by atoms with van der Waals surface area (Å²) >= 11 is 3.30. The van der Waals surface area contributed by atoms with Crippen LogP contribution in [0.3, 0.4) is 0 Å². The zero-order chi connectivity index (χ0) is 8.39. The minimum Gasteiger partial charge on any atom is -0.457 e. The van der Waals surface area contributed by atoms with Crippen LogP contribution >= 0.6 is 15.9 Å². The highest BCUT2D eigenvalue weighted by Gasteiger charge is 2.17. The molecule has 0 spiro atoms. The predicted octanol–water partition coefficient (Wildman–Crippen LogP) is 2.94. The summed E-state index contributed by atoms with van der Waals surface area (Å²) in [6.07, 6.45) is 4.07. The first-order valence-corrected chi connectivity index (χ1v) is 4.97. The van der Waals surface area contributed by atoms with Crippen molar-refractivity contribution in [3.05, 3.63) is 22.6 Å². The first kappa shape index (κ1) is 8.32. The highest BCUT2D eigenvalue weighted by atomic mass is 79.9. The number of furan rings is 1. The third-order valence-corrected chi connectivity index (χ3v) is 2.70. The van der Waals surface area contributed by atoms with E-state index in [1.165, 1.54) is 5.56 Å². The molecule has 2 heterocycles. The summed E-state index contributed by atoms with van der Waals surface area (Å²) in [7, 11) is 0. The SMILES string of the molecule is Brc1cc(C2CCOCC2)co1. The van der Waals surface area contributed by atoms with Crippen LogP contribution in [-0.2, 0) is 4.74 Å². The lowest BCUT2D eigenvalue weighted by Gasteiger charge is -2.20. The van der Waals surface area contributed by atoms with Crippen molar-refractivity contribution < 1.29 is 9.15 Å². The largest absolute Gasteiger partial charge is 0.457 e. The van der Waals surface area contributed by atoms with Crippen LogP contribution in [0.1, 0.15) is 24.3 Å². The fourth-order valence-corrected chi connectivity index (χ4v) is 1.93. The Hall–Kier alpha value is -0.280. The van der Waals surface area contributed by atoms with Gasteiger partial charge in [-0.1, -0.05) is 0 Å². The summed E-state index contributed by atoms with van der Waals surface area (Å²) in [5.74, 6) is 0.633. The van der Waals surface area contributed by atoms with E-state index in [1.807, 2.05) is 6.26 Å². The summed E-state index contributed by atoms with van der Waals surface area (Å²) in [6.45, 7) is 1.76. The van der Waals surface area contributed by atoms with E-state index in [0.717, 1.165) is 30.7 Å². The third-order valence-electron chi connectivity index (χ3n) is 2.28. The van der Waals surface area contributed by atoms with Crippen molar-refractivity contribution in [2.45, 2.75) is 18.8 Å². The number of hydrogen-bond donors (Lipinski definition) is 0. The van der Waals surface area contributed by atoms with Crippen LogP contribution in [0.4, 0.5) is 0 Å². The Balaban J connectivity index is 2.08. The highest BCUT2D eigenvalue weighted by molar-refractivity contribution is 9.10. The summed E-state index contributed by atoms with van der Waals surface area (Å²) in [5.41, 5.74) is 1.30. The Labute approximate surface area is 80.0 Å². The maximum Gasteiger partial charge on any atom is 0.169 e. The lowest BCUT2D eigenvalue weighted by atomic mass is 9.94. The molecular formula is C9H11BrO2. The normalized spacial score (nSPS) is 19.8. The lowest BCUT2D eigenvalue weighted by Crippen LogP contribution is -2.13. The number of ether oxygens (including phenoxy) is 1. The first-order chi connectivity index (χ1) is 5.86. The van der Waals surface area contributed by atoms with Crippen molar-refractivity contribution in [1.29, 1.82) is 0 Å². The molecule has 1 saturated heterocycles. The second kappa shape index (κ2) is 3.62.